The summed E-state index contributed by atoms with van der Waals surface area (Å²) in [4.78, 5) is 31.9. The van der Waals surface area contributed by atoms with E-state index in [1.807, 2.05) is 68.4 Å². The van der Waals surface area contributed by atoms with Crippen molar-refractivity contribution in [3.05, 3.63) is 77.4 Å². The molecule has 1 aliphatic rings. The summed E-state index contributed by atoms with van der Waals surface area (Å²) in [7, 11) is 0. The van der Waals surface area contributed by atoms with Gasteiger partial charge in [0.2, 0.25) is 5.91 Å². The van der Waals surface area contributed by atoms with Crippen LogP contribution in [-0.2, 0) is 4.79 Å². The van der Waals surface area contributed by atoms with Crippen LogP contribution < -0.4 is 10.6 Å². The van der Waals surface area contributed by atoms with Crippen LogP contribution in [0.2, 0.25) is 0 Å². The fourth-order valence-corrected chi connectivity index (χ4v) is 3.96. The van der Waals surface area contributed by atoms with Crippen LogP contribution in [0.1, 0.15) is 41.7 Å². The number of anilines is 1. The molecule has 2 aromatic carbocycles. The molecular formula is C24H28N6O2. The number of carbonyl (C=O) groups is 2. The number of rotatable bonds is 5. The van der Waals surface area contributed by atoms with E-state index in [1.165, 1.54) is 0 Å². The van der Waals surface area contributed by atoms with Crippen molar-refractivity contribution >= 4 is 17.6 Å². The lowest BCUT2D eigenvalue weighted by molar-refractivity contribution is -0.126. The zero-order valence-corrected chi connectivity index (χ0v) is 18.3. The van der Waals surface area contributed by atoms with E-state index in [4.69, 9.17) is 0 Å². The minimum absolute atomic E-state index is 0.0416. The second-order valence-electron chi connectivity index (χ2n) is 8.19. The number of aromatic amines is 1. The molecule has 4 rings (SSSR count). The first-order valence-electron chi connectivity index (χ1n) is 10.9. The molecule has 0 bridgehead atoms. The SMILES string of the molecule is Cc1cccc(NC(=O)N2CCC(C(=O)NC(c3ccccc3)c3n[nH]c(C)n3)CC2)c1. The van der Waals surface area contributed by atoms with Crippen molar-refractivity contribution in [1.82, 2.24) is 25.4 Å². The van der Waals surface area contributed by atoms with E-state index in [2.05, 4.69) is 25.8 Å². The maximum atomic E-state index is 13.1. The monoisotopic (exact) mass is 432 g/mol. The van der Waals surface area contributed by atoms with E-state index >= 15 is 0 Å². The maximum absolute atomic E-state index is 13.1. The van der Waals surface area contributed by atoms with Gasteiger partial charge in [0, 0.05) is 24.7 Å². The van der Waals surface area contributed by atoms with Crippen molar-refractivity contribution < 1.29 is 9.59 Å². The summed E-state index contributed by atoms with van der Waals surface area (Å²) in [6, 6.07) is 16.9. The molecule has 8 heteroatoms. The van der Waals surface area contributed by atoms with Gasteiger partial charge < -0.3 is 15.5 Å². The van der Waals surface area contributed by atoms with Gasteiger partial charge in [-0.2, -0.15) is 5.10 Å². The first-order valence-corrected chi connectivity index (χ1v) is 10.9. The van der Waals surface area contributed by atoms with Gasteiger partial charge >= 0.3 is 6.03 Å². The van der Waals surface area contributed by atoms with E-state index in [9.17, 15) is 9.59 Å². The van der Waals surface area contributed by atoms with Crippen molar-refractivity contribution in [3.8, 4) is 0 Å². The fourth-order valence-electron chi connectivity index (χ4n) is 3.96. The number of aryl methyl sites for hydroxylation is 2. The zero-order chi connectivity index (χ0) is 22.5. The Kier molecular flexibility index (Phi) is 6.49. The second kappa shape index (κ2) is 9.64. The highest BCUT2D eigenvalue weighted by Gasteiger charge is 2.30. The molecule has 1 saturated heterocycles. The van der Waals surface area contributed by atoms with E-state index in [-0.39, 0.29) is 17.9 Å². The minimum Gasteiger partial charge on any atom is -0.342 e. The number of likely N-dealkylation sites (tertiary alicyclic amines) is 1. The van der Waals surface area contributed by atoms with Gasteiger partial charge in [-0.05, 0) is 49.9 Å². The van der Waals surface area contributed by atoms with Crippen LogP contribution in [-0.4, -0.2) is 45.1 Å². The predicted molar refractivity (Wildman–Crippen MR) is 122 cm³/mol. The number of hydrogen-bond acceptors (Lipinski definition) is 4. The molecule has 3 N–H and O–H groups in total. The van der Waals surface area contributed by atoms with Crippen molar-refractivity contribution in [2.75, 3.05) is 18.4 Å². The zero-order valence-electron chi connectivity index (χ0n) is 18.3. The average molecular weight is 433 g/mol. The number of urea groups is 1. The summed E-state index contributed by atoms with van der Waals surface area (Å²) >= 11 is 0. The highest BCUT2D eigenvalue weighted by Crippen LogP contribution is 2.23. The second-order valence-corrected chi connectivity index (χ2v) is 8.19. The quantitative estimate of drug-likeness (QED) is 0.573. The van der Waals surface area contributed by atoms with Crippen molar-refractivity contribution in [1.29, 1.82) is 0 Å². The number of piperidine rings is 1. The van der Waals surface area contributed by atoms with Crippen LogP contribution in [0.4, 0.5) is 10.5 Å². The summed E-state index contributed by atoms with van der Waals surface area (Å²) in [6.45, 7) is 4.89. The molecule has 0 aliphatic carbocycles. The van der Waals surface area contributed by atoms with E-state index in [1.54, 1.807) is 4.90 Å². The summed E-state index contributed by atoms with van der Waals surface area (Å²) in [5, 5.41) is 13.2. The largest absolute Gasteiger partial charge is 0.342 e. The summed E-state index contributed by atoms with van der Waals surface area (Å²) in [6.07, 6.45) is 1.23. The number of H-pyrrole nitrogens is 1. The molecule has 1 aromatic heterocycles. The molecule has 0 spiro atoms. The summed E-state index contributed by atoms with van der Waals surface area (Å²) in [5.74, 6) is 1.03. The van der Waals surface area contributed by atoms with Gasteiger partial charge in [0.1, 0.15) is 11.9 Å². The smallest absolute Gasteiger partial charge is 0.321 e. The van der Waals surface area contributed by atoms with Gasteiger partial charge in [0.25, 0.3) is 0 Å². The maximum Gasteiger partial charge on any atom is 0.321 e. The number of amides is 3. The van der Waals surface area contributed by atoms with Crippen LogP contribution >= 0.6 is 0 Å². The topological polar surface area (TPSA) is 103 Å². The molecule has 1 atom stereocenters. The molecule has 3 amide bonds. The minimum atomic E-state index is -0.420. The Morgan fingerprint density at radius 1 is 1.06 bits per heavy atom. The van der Waals surface area contributed by atoms with Crippen LogP contribution in [0.25, 0.3) is 0 Å². The van der Waals surface area contributed by atoms with Gasteiger partial charge in [0.05, 0.1) is 0 Å². The Balaban J connectivity index is 1.36. The highest BCUT2D eigenvalue weighted by molar-refractivity contribution is 5.89. The molecule has 0 saturated carbocycles. The molecule has 1 aliphatic heterocycles. The predicted octanol–water partition coefficient (Wildman–Crippen LogP) is 3.57. The van der Waals surface area contributed by atoms with Crippen LogP contribution in [0.3, 0.4) is 0 Å². The average Bonchev–Trinajstić information content (AvgIpc) is 3.24. The van der Waals surface area contributed by atoms with Gasteiger partial charge in [-0.3, -0.25) is 9.89 Å². The fraction of sp³-hybridized carbons (Fsp3) is 0.333. The lowest BCUT2D eigenvalue weighted by atomic mass is 9.95. The molecule has 32 heavy (non-hydrogen) atoms. The van der Waals surface area contributed by atoms with Crippen molar-refractivity contribution in [2.24, 2.45) is 5.92 Å². The lowest BCUT2D eigenvalue weighted by Crippen LogP contribution is -2.45. The third kappa shape index (κ3) is 5.14. The van der Waals surface area contributed by atoms with E-state index in [0.29, 0.717) is 37.6 Å². The molecule has 8 nitrogen and oxygen atoms in total. The third-order valence-electron chi connectivity index (χ3n) is 5.71. The number of nitrogens with zero attached hydrogens (tertiary/aromatic N) is 3. The molecular weight excluding hydrogens is 404 g/mol. The molecule has 166 valence electrons. The van der Waals surface area contributed by atoms with Crippen molar-refractivity contribution in [2.45, 2.75) is 32.7 Å². The number of carbonyl (C=O) groups excluding carboxylic acids is 2. The van der Waals surface area contributed by atoms with E-state index in [0.717, 1.165) is 16.8 Å². The number of hydrogen-bond donors (Lipinski definition) is 3. The van der Waals surface area contributed by atoms with Crippen LogP contribution in [0.5, 0.6) is 0 Å². The molecule has 1 fully saturated rings. The molecule has 0 radical (unpaired) electrons. The standard InChI is InChI=1S/C24H28N6O2/c1-16-7-6-10-20(15-16)26-24(32)30-13-11-19(12-14-30)23(31)27-21(18-8-4-3-5-9-18)22-25-17(2)28-29-22/h3-10,15,19,21H,11-14H2,1-2H3,(H,26,32)(H,27,31)(H,25,28,29). The first kappa shape index (κ1) is 21.5. The van der Waals surface area contributed by atoms with E-state index < -0.39 is 6.04 Å². The first-order chi connectivity index (χ1) is 15.5. The normalized spacial score (nSPS) is 15.2. The molecule has 2 heterocycles. The van der Waals surface area contributed by atoms with Gasteiger partial charge in [-0.15, -0.1) is 0 Å². The Hall–Kier alpha value is -3.68. The van der Waals surface area contributed by atoms with Gasteiger partial charge in [-0.1, -0.05) is 42.5 Å². The highest BCUT2D eigenvalue weighted by atomic mass is 16.2. The van der Waals surface area contributed by atoms with Crippen LogP contribution in [0.15, 0.2) is 54.6 Å². The van der Waals surface area contributed by atoms with Gasteiger partial charge in [0.15, 0.2) is 5.82 Å². The number of nitrogens with one attached hydrogen (secondary N) is 3. The Bertz CT molecular complexity index is 1070. The third-order valence-corrected chi connectivity index (χ3v) is 5.71. The Morgan fingerprint density at radius 2 is 1.81 bits per heavy atom. The number of benzene rings is 2. The summed E-state index contributed by atoms with van der Waals surface area (Å²) in [5.41, 5.74) is 2.80. The van der Waals surface area contributed by atoms with Crippen molar-refractivity contribution in [3.63, 3.8) is 0 Å². The van der Waals surface area contributed by atoms with Gasteiger partial charge in [-0.25, -0.2) is 9.78 Å². The summed E-state index contributed by atoms with van der Waals surface area (Å²) < 4.78 is 0. The lowest BCUT2D eigenvalue weighted by Gasteiger charge is -2.32. The number of aromatic nitrogens is 3. The molecule has 3 aromatic rings. The Morgan fingerprint density at radius 3 is 2.47 bits per heavy atom. The van der Waals surface area contributed by atoms with Crippen LogP contribution in [0, 0.1) is 19.8 Å². The Labute approximate surface area is 187 Å². The molecule has 1 unspecified atom stereocenters.